The Labute approximate surface area is 257 Å². The molecule has 4 aromatic rings. The summed E-state index contributed by atoms with van der Waals surface area (Å²) >= 11 is 7.13. The van der Waals surface area contributed by atoms with Gasteiger partial charge in [-0.3, -0.25) is 14.2 Å². The molecule has 3 aromatic carbocycles. The summed E-state index contributed by atoms with van der Waals surface area (Å²) < 4.78 is 1.70. The zero-order valence-electron chi connectivity index (χ0n) is 24.8. The first-order valence-electron chi connectivity index (χ1n) is 14.9. The number of hydrogen-bond acceptors (Lipinski definition) is 4. The van der Waals surface area contributed by atoms with Crippen LogP contribution in [0, 0.1) is 11.3 Å². The number of nitrogens with zero attached hydrogens (tertiary/aromatic N) is 4. The number of halogens is 1. The van der Waals surface area contributed by atoms with E-state index in [0.717, 1.165) is 40.6 Å². The van der Waals surface area contributed by atoms with E-state index in [0.29, 0.717) is 41.8 Å². The molecule has 1 aliphatic heterocycles. The molecular formula is C36H35ClN4O2. The van der Waals surface area contributed by atoms with Crippen LogP contribution in [-0.2, 0) is 4.79 Å². The minimum atomic E-state index is -0.362. The third kappa shape index (κ3) is 5.02. The summed E-state index contributed by atoms with van der Waals surface area (Å²) in [7, 11) is 0. The molecule has 1 atom stereocenters. The molecule has 2 aliphatic rings. The standard InChI is InChI=1S/C36H35ClN4O2/c1-5-34(42)39-16-17-40(23(4)21-39)35-29-18-31(37)28(27-12-7-6-11-26(27)24-14-15-24)19-33(29)41(36(43)30(35)20-38)32-13-9-8-10-25(32)22(2)3/h5-13,18-19,22-24H,1,14-17,21H2,2-4H3/t23-/m0/s1. The van der Waals surface area contributed by atoms with Crippen LogP contribution in [0.4, 0.5) is 5.69 Å². The molecule has 218 valence electrons. The molecule has 0 N–H and O–H groups in total. The number of nitriles is 1. The number of hydrogen-bond donors (Lipinski definition) is 0. The van der Waals surface area contributed by atoms with Crippen molar-refractivity contribution in [3.05, 3.63) is 105 Å². The van der Waals surface area contributed by atoms with Crippen molar-refractivity contribution in [2.45, 2.75) is 51.5 Å². The van der Waals surface area contributed by atoms with E-state index >= 15 is 0 Å². The summed E-state index contributed by atoms with van der Waals surface area (Å²) in [4.78, 5) is 30.7. The van der Waals surface area contributed by atoms with E-state index in [2.05, 4.69) is 49.6 Å². The van der Waals surface area contributed by atoms with Crippen LogP contribution in [0.3, 0.4) is 0 Å². The lowest BCUT2D eigenvalue weighted by Gasteiger charge is -2.41. The molecule has 0 bridgehead atoms. The lowest BCUT2D eigenvalue weighted by atomic mass is 9.94. The van der Waals surface area contributed by atoms with Gasteiger partial charge in [0.25, 0.3) is 5.56 Å². The van der Waals surface area contributed by atoms with Gasteiger partial charge in [-0.2, -0.15) is 5.26 Å². The van der Waals surface area contributed by atoms with Crippen molar-refractivity contribution in [3.63, 3.8) is 0 Å². The molecule has 1 saturated heterocycles. The predicted octanol–water partition coefficient (Wildman–Crippen LogP) is 7.41. The number of amides is 1. The molecule has 0 unspecified atom stereocenters. The Balaban J connectivity index is 1.67. The maximum atomic E-state index is 14.5. The van der Waals surface area contributed by atoms with Gasteiger partial charge in [0.2, 0.25) is 5.91 Å². The number of piperazine rings is 1. The quantitative estimate of drug-likeness (QED) is 0.219. The number of rotatable bonds is 6. The van der Waals surface area contributed by atoms with E-state index < -0.39 is 0 Å². The third-order valence-corrected chi connectivity index (χ3v) is 9.13. The Morgan fingerprint density at radius 2 is 1.79 bits per heavy atom. The van der Waals surface area contributed by atoms with Gasteiger partial charge in [0.15, 0.2) is 0 Å². The fourth-order valence-electron chi connectivity index (χ4n) is 6.53. The third-order valence-electron chi connectivity index (χ3n) is 8.82. The Morgan fingerprint density at radius 3 is 2.47 bits per heavy atom. The van der Waals surface area contributed by atoms with Crippen molar-refractivity contribution >= 4 is 34.1 Å². The molecule has 2 heterocycles. The van der Waals surface area contributed by atoms with Crippen molar-refractivity contribution < 1.29 is 4.79 Å². The van der Waals surface area contributed by atoms with Crippen molar-refractivity contribution in [2.24, 2.45) is 0 Å². The summed E-state index contributed by atoms with van der Waals surface area (Å²) in [6.45, 7) is 11.2. The summed E-state index contributed by atoms with van der Waals surface area (Å²) in [6.07, 6.45) is 3.64. The van der Waals surface area contributed by atoms with Crippen molar-refractivity contribution in [1.82, 2.24) is 9.47 Å². The molecular weight excluding hydrogens is 556 g/mol. The Bertz CT molecular complexity index is 1860. The van der Waals surface area contributed by atoms with Crippen molar-refractivity contribution in [1.29, 1.82) is 5.26 Å². The maximum absolute atomic E-state index is 14.5. The zero-order chi connectivity index (χ0) is 30.4. The van der Waals surface area contributed by atoms with E-state index in [1.165, 1.54) is 11.6 Å². The van der Waals surface area contributed by atoms with Gasteiger partial charge in [0.05, 0.1) is 16.9 Å². The highest BCUT2D eigenvalue weighted by Gasteiger charge is 2.32. The second kappa shape index (κ2) is 11.4. The first-order valence-corrected chi connectivity index (χ1v) is 15.3. The van der Waals surface area contributed by atoms with Crippen LogP contribution in [0.1, 0.15) is 62.1 Å². The van der Waals surface area contributed by atoms with Gasteiger partial charge >= 0.3 is 0 Å². The molecule has 6 rings (SSSR count). The second-order valence-electron chi connectivity index (χ2n) is 11.9. The van der Waals surface area contributed by atoms with Crippen LogP contribution in [0.25, 0.3) is 27.7 Å². The van der Waals surface area contributed by atoms with Gasteiger partial charge < -0.3 is 9.80 Å². The first kappa shape index (κ1) is 28.8. The second-order valence-corrected chi connectivity index (χ2v) is 12.3. The lowest BCUT2D eigenvalue weighted by molar-refractivity contribution is -0.126. The van der Waals surface area contributed by atoms with Gasteiger partial charge in [-0.05, 0) is 72.6 Å². The Hall–Kier alpha value is -4.34. The number of anilines is 1. The monoisotopic (exact) mass is 590 g/mol. The van der Waals surface area contributed by atoms with Crippen molar-refractivity contribution in [3.8, 4) is 22.9 Å². The topological polar surface area (TPSA) is 69.3 Å². The molecule has 2 fully saturated rings. The number of benzene rings is 3. The molecule has 0 radical (unpaired) electrons. The molecule has 43 heavy (non-hydrogen) atoms. The average Bonchev–Trinajstić information content (AvgIpc) is 3.86. The highest BCUT2D eigenvalue weighted by molar-refractivity contribution is 6.34. The zero-order valence-corrected chi connectivity index (χ0v) is 25.6. The smallest absolute Gasteiger partial charge is 0.275 e. The van der Waals surface area contributed by atoms with E-state index in [-0.39, 0.29) is 29.0 Å². The molecule has 0 spiro atoms. The fraction of sp³-hybridized carbons (Fsp3) is 0.306. The number of pyridine rings is 1. The molecule has 6 nitrogen and oxygen atoms in total. The van der Waals surface area contributed by atoms with Crippen LogP contribution >= 0.6 is 11.6 Å². The van der Waals surface area contributed by atoms with Gasteiger partial charge in [0.1, 0.15) is 11.6 Å². The van der Waals surface area contributed by atoms with Crippen LogP contribution in [-0.4, -0.2) is 41.1 Å². The Kier molecular flexibility index (Phi) is 7.62. The van der Waals surface area contributed by atoms with Crippen molar-refractivity contribution in [2.75, 3.05) is 24.5 Å². The lowest BCUT2D eigenvalue weighted by Crippen LogP contribution is -2.54. The summed E-state index contributed by atoms with van der Waals surface area (Å²) in [5, 5.41) is 11.8. The minimum absolute atomic E-state index is 0.0728. The van der Waals surface area contributed by atoms with Crippen LogP contribution in [0.2, 0.25) is 5.02 Å². The highest BCUT2D eigenvalue weighted by atomic mass is 35.5. The SMILES string of the molecule is C=CC(=O)N1CCN(c2c(C#N)c(=O)n(-c3ccccc3C(C)C)c3cc(-c4ccccc4C4CC4)c(Cl)cc23)[C@@H](C)C1. The summed E-state index contributed by atoms with van der Waals surface area (Å²) in [5.41, 5.74) is 5.97. The number of carbonyl (C=O) groups is 1. The summed E-state index contributed by atoms with van der Waals surface area (Å²) in [6, 6.07) is 22.3. The van der Waals surface area contributed by atoms with E-state index in [1.807, 2.05) is 49.4 Å². The van der Waals surface area contributed by atoms with E-state index in [9.17, 15) is 14.9 Å². The van der Waals surface area contributed by atoms with Gasteiger partial charge in [0, 0.05) is 41.6 Å². The molecule has 1 aliphatic carbocycles. The highest BCUT2D eigenvalue weighted by Crippen LogP contribution is 2.47. The van der Waals surface area contributed by atoms with Crippen LogP contribution in [0.5, 0.6) is 0 Å². The van der Waals surface area contributed by atoms with E-state index in [4.69, 9.17) is 11.6 Å². The number of carbonyl (C=O) groups excluding carboxylic acids is 1. The number of para-hydroxylation sites is 1. The molecule has 1 aromatic heterocycles. The molecule has 7 heteroatoms. The van der Waals surface area contributed by atoms with Gasteiger partial charge in [-0.15, -0.1) is 0 Å². The Morgan fingerprint density at radius 1 is 1.07 bits per heavy atom. The number of aromatic nitrogens is 1. The van der Waals surface area contributed by atoms with Gasteiger partial charge in [-0.1, -0.05) is 74.5 Å². The van der Waals surface area contributed by atoms with E-state index in [1.54, 1.807) is 9.47 Å². The van der Waals surface area contributed by atoms with Crippen LogP contribution in [0.15, 0.2) is 78.1 Å². The van der Waals surface area contributed by atoms with Crippen LogP contribution < -0.4 is 10.5 Å². The fourth-order valence-corrected chi connectivity index (χ4v) is 6.79. The average molecular weight is 591 g/mol. The summed E-state index contributed by atoms with van der Waals surface area (Å²) in [5.74, 6) is 0.541. The minimum Gasteiger partial charge on any atom is -0.363 e. The molecule has 1 saturated carbocycles. The predicted molar refractivity (Wildman–Crippen MR) is 174 cm³/mol. The normalized spacial score (nSPS) is 16.9. The maximum Gasteiger partial charge on any atom is 0.275 e. The number of fused-ring (bicyclic) bond motifs is 1. The largest absolute Gasteiger partial charge is 0.363 e. The van der Waals surface area contributed by atoms with Gasteiger partial charge in [-0.25, -0.2) is 0 Å². The first-order chi connectivity index (χ1) is 20.7. The molecule has 1 amide bonds.